The molecule has 49 heavy (non-hydrogen) atoms. The van der Waals surface area contributed by atoms with Gasteiger partial charge in [-0.05, 0) is 102 Å². The van der Waals surface area contributed by atoms with Crippen molar-refractivity contribution in [3.63, 3.8) is 0 Å². The highest BCUT2D eigenvalue weighted by Gasteiger charge is 2.64. The normalized spacial score (nSPS) is 14.2. The summed E-state index contributed by atoms with van der Waals surface area (Å²) in [6.07, 6.45) is -3.32. The Kier molecular flexibility index (Phi) is 15.0. The van der Waals surface area contributed by atoms with Gasteiger partial charge in [0.05, 0.1) is 18.8 Å². The molecule has 0 saturated carbocycles. The molecule has 0 aliphatic carbocycles. The maximum Gasteiger partial charge on any atom is 0.408 e. The Morgan fingerprint density at radius 1 is 0.959 bits per heavy atom. The molecule has 0 aliphatic heterocycles. The quantitative estimate of drug-likeness (QED) is 0.124. The van der Waals surface area contributed by atoms with Crippen LogP contribution in [0.25, 0.3) is 0 Å². The molecule has 2 atom stereocenters. The van der Waals surface area contributed by atoms with Crippen molar-refractivity contribution >= 4 is 37.1 Å². The van der Waals surface area contributed by atoms with Crippen LogP contribution in [0.1, 0.15) is 71.9 Å². The van der Waals surface area contributed by atoms with Crippen molar-refractivity contribution in [2.24, 2.45) is 0 Å². The van der Waals surface area contributed by atoms with E-state index in [1.165, 1.54) is 25.6 Å². The number of amides is 1. The molecular weight excluding hydrogens is 695 g/mol. The van der Waals surface area contributed by atoms with E-state index in [0.29, 0.717) is 18.1 Å². The minimum Gasteiger partial charge on any atom is -0.489 e. The van der Waals surface area contributed by atoms with Crippen LogP contribution in [0.2, 0.25) is 5.02 Å². The Morgan fingerprint density at radius 2 is 1.61 bits per heavy atom. The SMILES string of the molecule is CCOP(=O)(OCC)C(F)(F)C(O)C(CC)(CCCc1ccc(Sc2cccc(OCc3ccccc3)c2)cc1Cl)NC(=O)OC(C)(C)C. The molecule has 0 aliphatic rings. The van der Waals surface area contributed by atoms with Crippen molar-refractivity contribution in [2.45, 2.75) is 107 Å². The summed E-state index contributed by atoms with van der Waals surface area (Å²) >= 11 is 8.20. The number of aryl methyl sites for hydroxylation is 1. The van der Waals surface area contributed by atoms with Crippen LogP contribution >= 0.6 is 31.0 Å². The van der Waals surface area contributed by atoms with Gasteiger partial charge in [0.2, 0.25) is 0 Å². The van der Waals surface area contributed by atoms with E-state index >= 15 is 8.78 Å². The first kappa shape index (κ1) is 40.8. The lowest BCUT2D eigenvalue weighted by molar-refractivity contribution is -0.110. The summed E-state index contributed by atoms with van der Waals surface area (Å²) in [5, 5.41) is 14.2. The molecule has 0 saturated heterocycles. The van der Waals surface area contributed by atoms with Crippen molar-refractivity contribution in [3.8, 4) is 5.75 Å². The van der Waals surface area contributed by atoms with E-state index in [2.05, 4.69) is 5.32 Å². The number of ether oxygens (including phenoxy) is 2. The summed E-state index contributed by atoms with van der Waals surface area (Å²) in [6.45, 7) is 9.01. The van der Waals surface area contributed by atoms with Gasteiger partial charge in [0.25, 0.3) is 0 Å². The predicted octanol–water partition coefficient (Wildman–Crippen LogP) is 10.3. The number of halogens is 3. The summed E-state index contributed by atoms with van der Waals surface area (Å²) in [5.74, 6) is 0.739. The molecule has 8 nitrogen and oxygen atoms in total. The second-order valence-electron chi connectivity index (χ2n) is 12.4. The summed E-state index contributed by atoms with van der Waals surface area (Å²) in [6, 6.07) is 23.2. The van der Waals surface area contributed by atoms with Gasteiger partial charge in [0.15, 0.2) is 6.10 Å². The van der Waals surface area contributed by atoms with Crippen LogP contribution in [0.15, 0.2) is 82.6 Å². The molecule has 0 spiro atoms. The molecule has 13 heteroatoms. The van der Waals surface area contributed by atoms with Gasteiger partial charge in [0.1, 0.15) is 18.0 Å². The Hall–Kier alpha value is -2.66. The second-order valence-corrected chi connectivity index (χ2v) is 16.1. The number of benzene rings is 3. The molecule has 3 aromatic rings. The fourth-order valence-electron chi connectivity index (χ4n) is 5.16. The molecule has 0 aromatic heterocycles. The molecule has 0 radical (unpaired) electrons. The van der Waals surface area contributed by atoms with Crippen molar-refractivity contribution in [3.05, 3.63) is 88.9 Å². The van der Waals surface area contributed by atoms with Gasteiger partial charge in [-0.3, -0.25) is 4.57 Å². The van der Waals surface area contributed by atoms with Crippen molar-refractivity contribution in [1.82, 2.24) is 5.32 Å². The minimum atomic E-state index is -5.13. The van der Waals surface area contributed by atoms with Gasteiger partial charge in [-0.2, -0.15) is 8.78 Å². The van der Waals surface area contributed by atoms with Gasteiger partial charge in [0, 0.05) is 14.8 Å². The first-order valence-electron chi connectivity index (χ1n) is 16.3. The van der Waals surface area contributed by atoms with Crippen LogP contribution in [0.4, 0.5) is 13.6 Å². The molecule has 1 amide bonds. The molecule has 3 aromatic carbocycles. The van der Waals surface area contributed by atoms with Crippen molar-refractivity contribution in [1.29, 1.82) is 0 Å². The van der Waals surface area contributed by atoms with E-state index < -0.39 is 36.6 Å². The zero-order chi connectivity index (χ0) is 36.3. The van der Waals surface area contributed by atoms with Crippen LogP contribution in [0, 0.1) is 0 Å². The lowest BCUT2D eigenvalue weighted by atomic mass is 9.83. The van der Waals surface area contributed by atoms with E-state index in [0.717, 1.165) is 26.7 Å². The summed E-state index contributed by atoms with van der Waals surface area (Å²) in [5.41, 5.74) is -5.43. The number of alkyl halides is 2. The van der Waals surface area contributed by atoms with E-state index in [4.69, 9.17) is 30.1 Å². The van der Waals surface area contributed by atoms with E-state index in [9.17, 15) is 14.5 Å². The number of nitrogens with one attached hydrogen (secondary N) is 1. The summed E-state index contributed by atoms with van der Waals surface area (Å²) in [4.78, 5) is 14.8. The van der Waals surface area contributed by atoms with Crippen LogP contribution in [0.5, 0.6) is 5.75 Å². The molecule has 3 rings (SSSR count). The maximum atomic E-state index is 15.9. The smallest absolute Gasteiger partial charge is 0.408 e. The number of aliphatic hydroxyl groups is 1. The molecule has 2 N–H and O–H groups in total. The summed E-state index contributed by atoms with van der Waals surface area (Å²) < 4.78 is 66.2. The maximum absolute atomic E-state index is 15.9. The highest BCUT2D eigenvalue weighted by Crippen LogP contribution is 2.64. The second kappa shape index (κ2) is 18.0. The first-order chi connectivity index (χ1) is 23.1. The zero-order valence-corrected chi connectivity index (χ0v) is 31.3. The van der Waals surface area contributed by atoms with Crippen LogP contribution < -0.4 is 10.1 Å². The predicted molar refractivity (Wildman–Crippen MR) is 190 cm³/mol. The largest absolute Gasteiger partial charge is 0.489 e. The van der Waals surface area contributed by atoms with Crippen molar-refractivity contribution < 1.29 is 41.8 Å². The number of carbonyl (C=O) groups is 1. The minimum absolute atomic E-state index is 0.125. The zero-order valence-electron chi connectivity index (χ0n) is 28.8. The molecule has 0 fully saturated rings. The number of hydrogen-bond donors (Lipinski definition) is 2. The fraction of sp³-hybridized carbons (Fsp3) is 0.472. The van der Waals surface area contributed by atoms with Crippen LogP contribution in [-0.2, 0) is 31.4 Å². The van der Waals surface area contributed by atoms with Gasteiger partial charge in [-0.25, -0.2) is 4.79 Å². The summed E-state index contributed by atoms with van der Waals surface area (Å²) in [7, 11) is -5.13. The highest BCUT2D eigenvalue weighted by atomic mass is 35.5. The third kappa shape index (κ3) is 11.4. The van der Waals surface area contributed by atoms with Gasteiger partial charge in [-0.1, -0.05) is 72.8 Å². The Balaban J connectivity index is 1.76. The van der Waals surface area contributed by atoms with Crippen LogP contribution in [-0.4, -0.2) is 47.3 Å². The monoisotopic (exact) mass is 741 g/mol. The van der Waals surface area contributed by atoms with E-state index in [-0.39, 0.29) is 32.5 Å². The van der Waals surface area contributed by atoms with Gasteiger partial charge in [-0.15, -0.1) is 0 Å². The van der Waals surface area contributed by atoms with Crippen LogP contribution in [0.3, 0.4) is 0 Å². The topological polar surface area (TPSA) is 103 Å². The van der Waals surface area contributed by atoms with Gasteiger partial charge >= 0.3 is 19.4 Å². The Labute approximate surface area is 297 Å². The Bertz CT molecular complexity index is 1550. The number of alkyl carbamates (subject to hydrolysis) is 1. The molecule has 2 unspecified atom stereocenters. The molecule has 0 heterocycles. The first-order valence-corrected chi connectivity index (χ1v) is 19.0. The number of hydrogen-bond acceptors (Lipinski definition) is 8. The van der Waals surface area contributed by atoms with E-state index in [1.807, 2.05) is 72.8 Å². The van der Waals surface area contributed by atoms with Gasteiger partial charge < -0.3 is 28.9 Å². The standard InChI is InChI=1S/C36H47ClF2NO7PS/c1-7-35(40-33(42)47-34(4,5)6,32(41)36(38,39)48(43,45-8-2)46-9-3)22-14-17-27-20-21-30(24-31(27)37)49-29-19-13-18-28(23-29)44-25-26-15-11-10-12-16-26/h10-13,15-16,18-21,23-24,32,41H,7-9,14,17,22,25H2,1-6H3,(H,40,42). The lowest BCUT2D eigenvalue weighted by Gasteiger charge is -2.42. The number of rotatable bonds is 18. The number of carbonyl (C=O) groups excluding carboxylic acids is 1. The average Bonchev–Trinajstić information content (AvgIpc) is 3.04. The third-order valence-electron chi connectivity index (χ3n) is 7.58. The average molecular weight is 742 g/mol. The third-order valence-corrected chi connectivity index (χ3v) is 11.1. The lowest BCUT2D eigenvalue weighted by Crippen LogP contribution is -2.62. The fourth-order valence-corrected chi connectivity index (χ4v) is 8.05. The molecular formula is C36H47ClF2NO7PS. The Morgan fingerprint density at radius 3 is 2.20 bits per heavy atom. The van der Waals surface area contributed by atoms with E-state index in [1.54, 1.807) is 27.7 Å². The highest BCUT2D eigenvalue weighted by molar-refractivity contribution is 7.99. The molecule has 0 bridgehead atoms. The van der Waals surface area contributed by atoms with Crippen molar-refractivity contribution in [2.75, 3.05) is 13.2 Å². The number of aliphatic hydroxyl groups excluding tert-OH is 1. The molecule has 270 valence electrons.